The maximum Gasteiger partial charge on any atom is 0.254 e. The molecule has 4 nitrogen and oxygen atoms in total. The van der Waals surface area contributed by atoms with Crippen molar-refractivity contribution in [1.82, 2.24) is 10.2 Å². The molecule has 0 spiro atoms. The van der Waals surface area contributed by atoms with E-state index in [4.69, 9.17) is 4.74 Å². The van der Waals surface area contributed by atoms with Crippen LogP contribution in [0.2, 0.25) is 0 Å². The number of rotatable bonds is 3. The summed E-state index contributed by atoms with van der Waals surface area (Å²) in [5.41, 5.74) is 1.37. The smallest absolute Gasteiger partial charge is 0.254 e. The maximum atomic E-state index is 13.6. The van der Waals surface area contributed by atoms with Crippen molar-refractivity contribution in [3.8, 4) is 5.75 Å². The van der Waals surface area contributed by atoms with Gasteiger partial charge < -0.3 is 15.0 Å². The Labute approximate surface area is 160 Å². The summed E-state index contributed by atoms with van der Waals surface area (Å²) in [6, 6.07) is 11.5. The van der Waals surface area contributed by atoms with Crippen LogP contribution in [0.15, 0.2) is 46.9 Å². The Morgan fingerprint density at radius 1 is 1.32 bits per heavy atom. The van der Waals surface area contributed by atoms with Gasteiger partial charge in [-0.25, -0.2) is 4.39 Å². The normalized spacial score (nSPS) is 16.9. The number of ether oxygens (including phenoxy) is 1. The molecule has 1 unspecified atom stereocenters. The monoisotopic (exact) mass is 428 g/mol. The molecule has 0 aromatic heterocycles. The number of carbonyl (C=O) groups excluding carboxylic acids is 1. The Kier molecular flexibility index (Phi) is 6.81. The first kappa shape index (κ1) is 19.7. The van der Waals surface area contributed by atoms with Gasteiger partial charge in [-0.3, -0.25) is 4.79 Å². The fraction of sp³-hybridized carbons (Fsp3) is 0.278. The number of halogens is 3. The summed E-state index contributed by atoms with van der Waals surface area (Å²) in [7, 11) is 1.58. The number of carbonyl (C=O) groups is 1. The molecule has 1 N–H and O–H groups in total. The Hall–Kier alpha value is -1.63. The molecule has 2 aromatic carbocycles. The average molecular weight is 430 g/mol. The van der Waals surface area contributed by atoms with Crippen LogP contribution in [0.4, 0.5) is 4.39 Å². The van der Waals surface area contributed by atoms with Crippen LogP contribution in [0.3, 0.4) is 0 Å². The summed E-state index contributed by atoms with van der Waals surface area (Å²) in [5, 5.41) is 3.27. The van der Waals surface area contributed by atoms with Crippen LogP contribution in [0.5, 0.6) is 5.75 Å². The van der Waals surface area contributed by atoms with Gasteiger partial charge in [-0.2, -0.15) is 0 Å². The highest BCUT2D eigenvalue weighted by Gasteiger charge is 2.29. The van der Waals surface area contributed by atoms with Crippen LogP contribution in [0.1, 0.15) is 22.0 Å². The van der Waals surface area contributed by atoms with Gasteiger partial charge in [-0.05, 0) is 51.8 Å². The van der Waals surface area contributed by atoms with Gasteiger partial charge in [0.1, 0.15) is 11.6 Å². The predicted octanol–water partition coefficient (Wildman–Crippen LogP) is 3.81. The summed E-state index contributed by atoms with van der Waals surface area (Å²) >= 11 is 3.41. The van der Waals surface area contributed by atoms with E-state index in [0.29, 0.717) is 24.4 Å². The lowest BCUT2D eigenvalue weighted by Crippen LogP contribution is -2.48. The van der Waals surface area contributed by atoms with E-state index in [1.54, 1.807) is 36.3 Å². The van der Waals surface area contributed by atoms with E-state index in [2.05, 4.69) is 21.2 Å². The summed E-state index contributed by atoms with van der Waals surface area (Å²) in [5.74, 6) is 0.306. The van der Waals surface area contributed by atoms with Crippen molar-refractivity contribution in [2.75, 3.05) is 26.7 Å². The second-order valence-electron chi connectivity index (χ2n) is 5.62. The topological polar surface area (TPSA) is 41.6 Å². The van der Waals surface area contributed by atoms with Crippen molar-refractivity contribution in [3.63, 3.8) is 0 Å². The van der Waals surface area contributed by atoms with Gasteiger partial charge >= 0.3 is 0 Å². The predicted molar refractivity (Wildman–Crippen MR) is 101 cm³/mol. The zero-order chi connectivity index (χ0) is 17.1. The van der Waals surface area contributed by atoms with E-state index < -0.39 is 0 Å². The number of hydrogen-bond acceptors (Lipinski definition) is 3. The lowest BCUT2D eigenvalue weighted by Gasteiger charge is -2.36. The van der Waals surface area contributed by atoms with E-state index in [1.807, 2.05) is 6.07 Å². The molecule has 0 saturated carbocycles. The quantitative estimate of drug-likeness (QED) is 0.807. The van der Waals surface area contributed by atoms with Gasteiger partial charge in [0.2, 0.25) is 0 Å². The fourth-order valence-electron chi connectivity index (χ4n) is 2.92. The molecule has 0 bridgehead atoms. The zero-order valence-electron chi connectivity index (χ0n) is 13.7. The molecular formula is C18H19BrClFN2O2. The van der Waals surface area contributed by atoms with Gasteiger partial charge in [0, 0.05) is 25.2 Å². The molecule has 2 aromatic rings. The molecule has 134 valence electrons. The van der Waals surface area contributed by atoms with Gasteiger partial charge in [0.25, 0.3) is 5.91 Å². The highest BCUT2D eigenvalue weighted by Crippen LogP contribution is 2.29. The Morgan fingerprint density at radius 3 is 2.80 bits per heavy atom. The lowest BCUT2D eigenvalue weighted by molar-refractivity contribution is 0.0634. The molecule has 1 aliphatic heterocycles. The molecule has 3 rings (SSSR count). The minimum absolute atomic E-state index is 0. The van der Waals surface area contributed by atoms with Crippen LogP contribution < -0.4 is 10.1 Å². The zero-order valence-corrected chi connectivity index (χ0v) is 16.1. The molecule has 1 fully saturated rings. The van der Waals surface area contributed by atoms with E-state index in [9.17, 15) is 9.18 Å². The van der Waals surface area contributed by atoms with E-state index in [0.717, 1.165) is 16.6 Å². The molecule has 0 aliphatic carbocycles. The van der Waals surface area contributed by atoms with Crippen molar-refractivity contribution >= 4 is 34.2 Å². The fourth-order valence-corrected chi connectivity index (χ4v) is 3.46. The molecule has 1 heterocycles. The third-order valence-corrected chi connectivity index (χ3v) is 4.76. The number of methoxy groups -OCH3 is 1. The van der Waals surface area contributed by atoms with Crippen molar-refractivity contribution in [3.05, 3.63) is 63.9 Å². The molecule has 1 amide bonds. The first-order chi connectivity index (χ1) is 11.6. The molecule has 1 aliphatic rings. The number of nitrogens with zero attached hydrogens (tertiary/aromatic N) is 1. The highest BCUT2D eigenvalue weighted by atomic mass is 79.9. The van der Waals surface area contributed by atoms with E-state index in [1.165, 1.54) is 12.1 Å². The standard InChI is InChI=1S/C18H18BrFN2O2.ClH/c1-24-17-6-5-13(10-15(17)19)18(23)22-8-7-21-11-16(22)12-3-2-4-14(20)9-12;/h2-6,9-10,16,21H,7-8,11H2,1H3;1H. The summed E-state index contributed by atoms with van der Waals surface area (Å²) in [6.07, 6.45) is 0. The molecule has 7 heteroatoms. The average Bonchev–Trinajstić information content (AvgIpc) is 2.61. The second-order valence-corrected chi connectivity index (χ2v) is 6.48. The third kappa shape index (κ3) is 4.32. The third-order valence-electron chi connectivity index (χ3n) is 4.14. The first-order valence-corrected chi connectivity index (χ1v) is 8.50. The number of nitrogens with one attached hydrogen (secondary N) is 1. The largest absolute Gasteiger partial charge is 0.496 e. The van der Waals surface area contributed by atoms with Crippen LogP contribution in [-0.2, 0) is 0 Å². The number of amides is 1. The summed E-state index contributed by atoms with van der Waals surface area (Å²) in [4.78, 5) is 14.8. The summed E-state index contributed by atoms with van der Waals surface area (Å²) in [6.45, 7) is 1.89. The molecule has 0 radical (unpaired) electrons. The minimum atomic E-state index is -0.294. The Morgan fingerprint density at radius 2 is 2.12 bits per heavy atom. The first-order valence-electron chi connectivity index (χ1n) is 7.71. The van der Waals surface area contributed by atoms with E-state index >= 15 is 0 Å². The van der Waals surface area contributed by atoms with Crippen LogP contribution in [-0.4, -0.2) is 37.6 Å². The van der Waals surface area contributed by atoms with Crippen LogP contribution in [0.25, 0.3) is 0 Å². The molecule has 25 heavy (non-hydrogen) atoms. The van der Waals surface area contributed by atoms with Crippen molar-refractivity contribution in [2.24, 2.45) is 0 Å². The van der Waals surface area contributed by atoms with Crippen LogP contribution in [0, 0.1) is 5.82 Å². The molecular weight excluding hydrogens is 411 g/mol. The lowest BCUT2D eigenvalue weighted by atomic mass is 10.0. The van der Waals surface area contributed by atoms with Gasteiger partial charge in [0.15, 0.2) is 0 Å². The van der Waals surface area contributed by atoms with Crippen molar-refractivity contribution in [2.45, 2.75) is 6.04 Å². The van der Waals surface area contributed by atoms with Crippen molar-refractivity contribution < 1.29 is 13.9 Å². The number of benzene rings is 2. The SMILES string of the molecule is COc1ccc(C(=O)N2CCNCC2c2cccc(F)c2)cc1Br.Cl. The molecule has 1 atom stereocenters. The van der Waals surface area contributed by atoms with Crippen LogP contribution >= 0.6 is 28.3 Å². The van der Waals surface area contributed by atoms with E-state index in [-0.39, 0.29) is 30.2 Å². The Bertz CT molecular complexity index is 760. The van der Waals surface area contributed by atoms with Gasteiger partial charge in [0.05, 0.1) is 17.6 Å². The Balaban J connectivity index is 0.00000225. The number of hydrogen-bond donors (Lipinski definition) is 1. The molecule has 1 saturated heterocycles. The summed E-state index contributed by atoms with van der Waals surface area (Å²) < 4.78 is 19.5. The maximum absolute atomic E-state index is 13.6. The van der Waals surface area contributed by atoms with Gasteiger partial charge in [-0.15, -0.1) is 12.4 Å². The second kappa shape index (κ2) is 8.65. The van der Waals surface area contributed by atoms with Crippen molar-refractivity contribution in [1.29, 1.82) is 0 Å². The number of piperazine rings is 1. The highest BCUT2D eigenvalue weighted by molar-refractivity contribution is 9.10. The van der Waals surface area contributed by atoms with Gasteiger partial charge in [-0.1, -0.05) is 12.1 Å². The minimum Gasteiger partial charge on any atom is -0.496 e.